The zero-order valence-electron chi connectivity index (χ0n) is 7.85. The zero-order valence-corrected chi connectivity index (χ0v) is 7.85. The molecule has 0 rings (SSSR count). The van der Waals surface area contributed by atoms with Crippen LogP contribution < -0.4 is 0 Å². The molecule has 2 N–H and O–H groups in total. The van der Waals surface area contributed by atoms with E-state index in [2.05, 4.69) is 0 Å². The molecule has 0 unspecified atom stereocenters. The number of hydrogen-bond acceptors (Lipinski definition) is 3. The number of ether oxygens (including phenoxy) is 1. The second-order valence-corrected chi connectivity index (χ2v) is 2.61. The second-order valence-electron chi connectivity index (χ2n) is 2.61. The van der Waals surface area contributed by atoms with Crippen LogP contribution in [0.15, 0.2) is 24.7 Å². The van der Waals surface area contributed by atoms with Crippen LogP contribution in [0.1, 0.15) is 25.7 Å². The van der Waals surface area contributed by atoms with Crippen LogP contribution in [0.25, 0.3) is 0 Å². The van der Waals surface area contributed by atoms with Gasteiger partial charge in [-0.2, -0.15) is 0 Å². The maximum Gasteiger partial charge on any atom is 0.0861 e. The van der Waals surface area contributed by atoms with Gasteiger partial charge in [-0.15, -0.1) is 0 Å². The minimum Gasteiger partial charge on any atom is -0.473 e. The van der Waals surface area contributed by atoms with Crippen LogP contribution in [-0.2, 0) is 4.74 Å². The Hall–Kier alpha value is -0.800. The minimum atomic E-state index is 0.219. The highest BCUT2D eigenvalue weighted by atomic mass is 16.5. The van der Waals surface area contributed by atoms with Crippen LogP contribution in [0.5, 0.6) is 0 Å². The Bertz CT molecular complexity index is 125. The summed E-state index contributed by atoms with van der Waals surface area (Å²) in [5.74, 6) is 0. The normalized spacial score (nSPS) is 11.5. The molecule has 0 aliphatic heterocycles. The van der Waals surface area contributed by atoms with Crippen molar-refractivity contribution in [1.29, 1.82) is 0 Å². The Morgan fingerprint density at radius 1 is 0.846 bits per heavy atom. The number of aliphatic hydroxyl groups is 2. The van der Waals surface area contributed by atoms with Gasteiger partial charge in [0.05, 0.1) is 12.5 Å². The zero-order chi connectivity index (χ0) is 9.78. The van der Waals surface area contributed by atoms with E-state index >= 15 is 0 Å². The van der Waals surface area contributed by atoms with E-state index in [-0.39, 0.29) is 13.2 Å². The van der Waals surface area contributed by atoms with E-state index in [1.807, 2.05) is 12.2 Å². The van der Waals surface area contributed by atoms with Gasteiger partial charge in [-0.1, -0.05) is 0 Å². The van der Waals surface area contributed by atoms with Gasteiger partial charge in [0.1, 0.15) is 0 Å². The molecule has 0 aliphatic carbocycles. The van der Waals surface area contributed by atoms with Crippen molar-refractivity contribution in [3.05, 3.63) is 24.7 Å². The average molecular weight is 186 g/mol. The minimum absolute atomic E-state index is 0.219. The summed E-state index contributed by atoms with van der Waals surface area (Å²) in [5, 5.41) is 16.9. The lowest BCUT2D eigenvalue weighted by Crippen LogP contribution is -1.79. The van der Waals surface area contributed by atoms with E-state index in [9.17, 15) is 0 Å². The summed E-state index contributed by atoms with van der Waals surface area (Å²) in [4.78, 5) is 0. The maximum absolute atomic E-state index is 8.45. The number of allylic oxidation sites excluding steroid dienone is 2. The van der Waals surface area contributed by atoms with Crippen molar-refractivity contribution in [2.75, 3.05) is 13.2 Å². The molecule has 0 saturated heterocycles. The fourth-order valence-electron chi connectivity index (χ4n) is 0.711. The Morgan fingerprint density at radius 3 is 1.69 bits per heavy atom. The molecule has 0 aliphatic rings. The van der Waals surface area contributed by atoms with E-state index in [4.69, 9.17) is 14.9 Å². The molecule has 76 valence electrons. The van der Waals surface area contributed by atoms with E-state index in [1.165, 1.54) is 0 Å². The van der Waals surface area contributed by atoms with Crippen LogP contribution in [0, 0.1) is 0 Å². The highest BCUT2D eigenvalue weighted by Crippen LogP contribution is 1.92. The first-order valence-electron chi connectivity index (χ1n) is 4.59. The molecule has 0 spiro atoms. The third kappa shape index (κ3) is 11.2. The van der Waals surface area contributed by atoms with Crippen LogP contribution in [0.2, 0.25) is 0 Å². The highest BCUT2D eigenvalue weighted by molar-refractivity contribution is 4.79. The van der Waals surface area contributed by atoms with Crippen molar-refractivity contribution in [1.82, 2.24) is 0 Å². The third-order valence-electron chi connectivity index (χ3n) is 1.41. The molecule has 0 bridgehead atoms. The molecule has 0 aromatic rings. The SMILES string of the molecule is OCCCC=COC=CCCCO. The largest absolute Gasteiger partial charge is 0.473 e. The first kappa shape index (κ1) is 12.2. The predicted molar refractivity (Wildman–Crippen MR) is 52.0 cm³/mol. The molecule has 0 radical (unpaired) electrons. The van der Waals surface area contributed by atoms with Crippen LogP contribution in [0.3, 0.4) is 0 Å². The van der Waals surface area contributed by atoms with Gasteiger partial charge in [0.25, 0.3) is 0 Å². The van der Waals surface area contributed by atoms with Gasteiger partial charge in [-0.25, -0.2) is 0 Å². The second kappa shape index (κ2) is 11.2. The monoisotopic (exact) mass is 186 g/mol. The topological polar surface area (TPSA) is 49.7 Å². The molecule has 0 saturated carbocycles. The lowest BCUT2D eigenvalue weighted by molar-refractivity contribution is 0.288. The number of aliphatic hydroxyl groups excluding tert-OH is 2. The van der Waals surface area contributed by atoms with Gasteiger partial charge in [0.15, 0.2) is 0 Å². The van der Waals surface area contributed by atoms with Gasteiger partial charge in [-0.05, 0) is 37.8 Å². The molecule has 0 atom stereocenters. The predicted octanol–water partition coefficient (Wildman–Crippen LogP) is 1.58. The first-order chi connectivity index (χ1) is 6.41. The van der Waals surface area contributed by atoms with Gasteiger partial charge in [-0.3, -0.25) is 0 Å². The third-order valence-corrected chi connectivity index (χ3v) is 1.41. The smallest absolute Gasteiger partial charge is 0.0861 e. The molecular weight excluding hydrogens is 168 g/mol. The van der Waals surface area contributed by atoms with Crippen molar-refractivity contribution in [3.8, 4) is 0 Å². The molecule has 0 fully saturated rings. The fourth-order valence-corrected chi connectivity index (χ4v) is 0.711. The Morgan fingerprint density at radius 2 is 1.31 bits per heavy atom. The van der Waals surface area contributed by atoms with Crippen molar-refractivity contribution < 1.29 is 14.9 Å². The first-order valence-corrected chi connectivity index (χ1v) is 4.59. The van der Waals surface area contributed by atoms with E-state index in [0.29, 0.717) is 0 Å². The molecule has 0 amide bonds. The Kier molecular flexibility index (Phi) is 10.5. The lowest BCUT2D eigenvalue weighted by atomic mass is 10.3. The van der Waals surface area contributed by atoms with Crippen LogP contribution in [-0.4, -0.2) is 23.4 Å². The van der Waals surface area contributed by atoms with Gasteiger partial charge < -0.3 is 14.9 Å². The highest BCUT2D eigenvalue weighted by Gasteiger charge is 1.79. The van der Waals surface area contributed by atoms with Gasteiger partial charge >= 0.3 is 0 Å². The van der Waals surface area contributed by atoms with Crippen LogP contribution in [0.4, 0.5) is 0 Å². The molecular formula is C10H18O3. The molecule has 0 aromatic carbocycles. The number of rotatable bonds is 8. The summed E-state index contributed by atoms with van der Waals surface area (Å²) in [6.07, 6.45) is 10.2. The molecule has 3 heteroatoms. The van der Waals surface area contributed by atoms with Gasteiger partial charge in [0.2, 0.25) is 0 Å². The van der Waals surface area contributed by atoms with E-state index in [1.54, 1.807) is 12.5 Å². The summed E-state index contributed by atoms with van der Waals surface area (Å²) >= 11 is 0. The summed E-state index contributed by atoms with van der Waals surface area (Å²) in [6, 6.07) is 0. The standard InChI is InChI=1S/C10H18O3/c11-7-3-1-5-9-13-10-6-2-4-8-12/h5-6,9-12H,1-4,7-8H2. The molecule has 3 nitrogen and oxygen atoms in total. The number of hydrogen-bond donors (Lipinski definition) is 2. The van der Waals surface area contributed by atoms with Crippen molar-refractivity contribution >= 4 is 0 Å². The maximum atomic E-state index is 8.45. The molecule has 13 heavy (non-hydrogen) atoms. The summed E-state index contributed by atoms with van der Waals surface area (Å²) < 4.78 is 5.00. The van der Waals surface area contributed by atoms with Crippen molar-refractivity contribution in [3.63, 3.8) is 0 Å². The Labute approximate surface area is 79.3 Å². The molecule has 0 heterocycles. The van der Waals surface area contributed by atoms with E-state index < -0.39 is 0 Å². The summed E-state index contributed by atoms with van der Waals surface area (Å²) in [6.45, 7) is 0.438. The molecule has 0 aromatic heterocycles. The quantitative estimate of drug-likeness (QED) is 0.447. The average Bonchev–Trinajstić information content (AvgIpc) is 2.16. The fraction of sp³-hybridized carbons (Fsp3) is 0.600. The van der Waals surface area contributed by atoms with Crippen LogP contribution >= 0.6 is 0 Å². The van der Waals surface area contributed by atoms with Crippen molar-refractivity contribution in [2.45, 2.75) is 25.7 Å². The van der Waals surface area contributed by atoms with Gasteiger partial charge in [0, 0.05) is 13.2 Å². The lowest BCUT2D eigenvalue weighted by Gasteiger charge is -1.91. The van der Waals surface area contributed by atoms with E-state index in [0.717, 1.165) is 25.7 Å². The van der Waals surface area contributed by atoms with Crippen molar-refractivity contribution in [2.24, 2.45) is 0 Å². The summed E-state index contributed by atoms with van der Waals surface area (Å²) in [7, 11) is 0. The Balaban J connectivity index is 3.13. The number of unbranched alkanes of at least 4 members (excludes halogenated alkanes) is 2. The summed E-state index contributed by atoms with van der Waals surface area (Å²) in [5.41, 5.74) is 0.